The van der Waals surface area contributed by atoms with Gasteiger partial charge in [0.15, 0.2) is 0 Å². The van der Waals surface area contributed by atoms with Crippen LogP contribution in [0.4, 0.5) is 10.1 Å². The van der Waals surface area contributed by atoms with Crippen LogP contribution in [-0.4, -0.2) is 49.2 Å². The van der Waals surface area contributed by atoms with Crippen molar-refractivity contribution in [1.82, 2.24) is 4.98 Å². The van der Waals surface area contributed by atoms with Crippen LogP contribution in [0.25, 0.3) is 0 Å². The van der Waals surface area contributed by atoms with Crippen molar-refractivity contribution in [2.45, 2.75) is 12.5 Å². The lowest BCUT2D eigenvalue weighted by atomic mass is 9.74. The van der Waals surface area contributed by atoms with Crippen molar-refractivity contribution in [1.29, 1.82) is 0 Å². The first-order valence-corrected chi connectivity index (χ1v) is 6.73. The van der Waals surface area contributed by atoms with Gasteiger partial charge >= 0.3 is 0 Å². The Morgan fingerprint density at radius 3 is 3.21 bits per heavy atom. The normalized spacial score (nSPS) is 29.8. The van der Waals surface area contributed by atoms with E-state index in [9.17, 15) is 9.50 Å². The molecule has 1 fully saturated rings. The van der Waals surface area contributed by atoms with E-state index in [1.807, 2.05) is 6.07 Å². The van der Waals surface area contributed by atoms with E-state index < -0.39 is 12.1 Å². The van der Waals surface area contributed by atoms with Crippen molar-refractivity contribution in [3.63, 3.8) is 0 Å². The molecule has 4 nitrogen and oxygen atoms in total. The first-order valence-electron chi connectivity index (χ1n) is 6.36. The van der Waals surface area contributed by atoms with Gasteiger partial charge in [-0.15, -0.1) is 0 Å². The molecule has 0 unspecified atom stereocenters. The Hall–Kier alpha value is -0.910. The lowest BCUT2D eigenvalue weighted by Crippen LogP contribution is -2.61. The molecule has 0 spiro atoms. The van der Waals surface area contributed by atoms with E-state index >= 15 is 0 Å². The van der Waals surface area contributed by atoms with Gasteiger partial charge in [-0.3, -0.25) is 9.37 Å². The highest BCUT2D eigenvalue weighted by molar-refractivity contribution is 6.30. The third kappa shape index (κ3) is 2.00. The molecule has 2 aliphatic rings. The number of alkyl halides is 1. The highest BCUT2D eigenvalue weighted by Crippen LogP contribution is 2.42. The molecule has 0 radical (unpaired) electrons. The van der Waals surface area contributed by atoms with Crippen LogP contribution in [-0.2, 0) is 11.2 Å². The summed E-state index contributed by atoms with van der Waals surface area (Å²) in [4.78, 5) is 6.39. The monoisotopic (exact) mass is 286 g/mol. The zero-order chi connectivity index (χ0) is 13.5. The Bertz CT molecular complexity index is 482. The Labute approximate surface area is 116 Å². The SMILES string of the molecule is OC[C@]1(CF)Cc2ncc(Cl)cc2N2CCOC[C@@H]21. The van der Waals surface area contributed by atoms with Crippen molar-refractivity contribution in [3.05, 3.63) is 23.0 Å². The number of anilines is 1. The van der Waals surface area contributed by atoms with Gasteiger partial charge in [0.25, 0.3) is 0 Å². The van der Waals surface area contributed by atoms with Gasteiger partial charge in [0.05, 0.1) is 54.4 Å². The fraction of sp³-hybridized carbons (Fsp3) is 0.615. The molecule has 0 aromatic carbocycles. The number of aromatic nitrogens is 1. The van der Waals surface area contributed by atoms with Gasteiger partial charge in [-0.1, -0.05) is 11.6 Å². The van der Waals surface area contributed by atoms with Gasteiger partial charge in [-0.05, 0) is 6.07 Å². The smallest absolute Gasteiger partial charge is 0.0997 e. The number of ether oxygens (including phenoxy) is 1. The van der Waals surface area contributed by atoms with Gasteiger partial charge in [0.2, 0.25) is 0 Å². The molecule has 2 atom stereocenters. The maximum atomic E-state index is 13.6. The average molecular weight is 287 g/mol. The molecule has 1 N–H and O–H groups in total. The van der Waals surface area contributed by atoms with Gasteiger partial charge in [-0.2, -0.15) is 0 Å². The number of aliphatic hydroxyl groups is 1. The molecular weight excluding hydrogens is 271 g/mol. The van der Waals surface area contributed by atoms with Crippen molar-refractivity contribution in [3.8, 4) is 0 Å². The molecule has 0 bridgehead atoms. The molecule has 6 heteroatoms. The molecule has 1 saturated heterocycles. The summed E-state index contributed by atoms with van der Waals surface area (Å²) in [7, 11) is 0. The van der Waals surface area contributed by atoms with E-state index in [0.717, 1.165) is 11.4 Å². The standard InChI is InChI=1S/C13H16ClFN2O2/c14-9-3-11-10(16-5-9)4-13(7-15,8-18)12-6-19-2-1-17(11)12/h3,5,12,18H,1-2,4,6-8H2/t12-,13-/m1/s1. The average Bonchev–Trinajstić information content (AvgIpc) is 2.47. The summed E-state index contributed by atoms with van der Waals surface area (Å²) in [6.07, 6.45) is 1.98. The van der Waals surface area contributed by atoms with Gasteiger partial charge in [0.1, 0.15) is 0 Å². The summed E-state index contributed by atoms with van der Waals surface area (Å²) >= 11 is 6.00. The molecule has 3 rings (SSSR count). The third-order valence-corrected chi connectivity index (χ3v) is 4.37. The molecule has 19 heavy (non-hydrogen) atoms. The number of rotatable bonds is 2. The topological polar surface area (TPSA) is 45.6 Å². The highest BCUT2D eigenvalue weighted by atomic mass is 35.5. The third-order valence-electron chi connectivity index (χ3n) is 4.16. The van der Waals surface area contributed by atoms with Crippen molar-refractivity contribution in [2.24, 2.45) is 5.41 Å². The predicted molar refractivity (Wildman–Crippen MR) is 70.4 cm³/mol. The second kappa shape index (κ2) is 4.89. The van der Waals surface area contributed by atoms with Crippen molar-refractivity contribution < 1.29 is 14.2 Å². The number of morpholine rings is 1. The zero-order valence-corrected chi connectivity index (χ0v) is 11.2. The Balaban J connectivity index is 2.09. The molecule has 0 amide bonds. The summed E-state index contributed by atoms with van der Waals surface area (Å²) in [5, 5.41) is 10.3. The van der Waals surface area contributed by atoms with Crippen LogP contribution in [0.5, 0.6) is 0 Å². The first-order chi connectivity index (χ1) is 9.20. The summed E-state index contributed by atoms with van der Waals surface area (Å²) in [6.45, 7) is 0.893. The minimum atomic E-state index is -0.825. The van der Waals surface area contributed by atoms with Crippen LogP contribution in [0.15, 0.2) is 12.3 Å². The van der Waals surface area contributed by atoms with Crippen LogP contribution < -0.4 is 4.90 Å². The highest BCUT2D eigenvalue weighted by Gasteiger charge is 2.48. The Kier molecular flexibility index (Phi) is 3.37. The van der Waals surface area contributed by atoms with Crippen LogP contribution in [0.3, 0.4) is 0 Å². The maximum absolute atomic E-state index is 13.6. The Morgan fingerprint density at radius 2 is 2.47 bits per heavy atom. The van der Waals surface area contributed by atoms with Crippen LogP contribution in [0.1, 0.15) is 5.69 Å². The maximum Gasteiger partial charge on any atom is 0.0997 e. The summed E-state index contributed by atoms with van der Waals surface area (Å²) < 4.78 is 19.1. The lowest BCUT2D eigenvalue weighted by molar-refractivity contribution is -0.00755. The molecule has 0 aliphatic carbocycles. The molecule has 3 heterocycles. The van der Waals surface area contributed by atoms with Crippen molar-refractivity contribution >= 4 is 17.3 Å². The number of fused-ring (bicyclic) bond motifs is 3. The minimum absolute atomic E-state index is 0.163. The lowest BCUT2D eigenvalue weighted by Gasteiger charge is -2.51. The van der Waals surface area contributed by atoms with E-state index in [1.54, 1.807) is 6.20 Å². The van der Waals surface area contributed by atoms with Crippen molar-refractivity contribution in [2.75, 3.05) is 37.9 Å². The number of nitrogens with zero attached hydrogens (tertiary/aromatic N) is 2. The van der Waals surface area contributed by atoms with E-state index in [0.29, 0.717) is 31.2 Å². The minimum Gasteiger partial charge on any atom is -0.396 e. The van der Waals surface area contributed by atoms with E-state index in [1.165, 1.54) is 0 Å². The number of aliphatic hydroxyl groups excluding tert-OH is 1. The van der Waals surface area contributed by atoms with Gasteiger partial charge in [0, 0.05) is 19.2 Å². The summed E-state index contributed by atoms with van der Waals surface area (Å²) in [6, 6.07) is 1.70. The molecular formula is C13H16ClFN2O2. The molecule has 2 aliphatic heterocycles. The number of halogens is 2. The second-order valence-electron chi connectivity index (χ2n) is 5.23. The quantitative estimate of drug-likeness (QED) is 0.894. The number of pyridine rings is 1. The number of hydrogen-bond donors (Lipinski definition) is 1. The molecule has 1 aromatic rings. The largest absolute Gasteiger partial charge is 0.396 e. The Morgan fingerprint density at radius 1 is 1.63 bits per heavy atom. The first kappa shape index (κ1) is 13.1. The van der Waals surface area contributed by atoms with Gasteiger partial charge in [-0.25, -0.2) is 0 Å². The second-order valence-corrected chi connectivity index (χ2v) is 5.67. The number of hydrogen-bond acceptors (Lipinski definition) is 4. The van der Waals surface area contributed by atoms with E-state index in [-0.39, 0.29) is 12.6 Å². The molecule has 104 valence electrons. The van der Waals surface area contributed by atoms with E-state index in [4.69, 9.17) is 16.3 Å². The molecule has 0 saturated carbocycles. The molecule has 1 aromatic heterocycles. The summed E-state index contributed by atoms with van der Waals surface area (Å²) in [5.41, 5.74) is 0.918. The van der Waals surface area contributed by atoms with Crippen LogP contribution in [0, 0.1) is 5.41 Å². The van der Waals surface area contributed by atoms with Gasteiger partial charge < -0.3 is 14.7 Å². The summed E-state index contributed by atoms with van der Waals surface area (Å²) in [5.74, 6) is 0. The predicted octanol–water partition coefficient (Wildman–Crippen LogP) is 1.44. The van der Waals surface area contributed by atoms with E-state index in [2.05, 4.69) is 9.88 Å². The fourth-order valence-corrected chi connectivity index (χ4v) is 3.18. The fourth-order valence-electron chi connectivity index (χ4n) is 3.03. The zero-order valence-electron chi connectivity index (χ0n) is 10.5. The van der Waals surface area contributed by atoms with Crippen LogP contribution in [0.2, 0.25) is 5.02 Å². The van der Waals surface area contributed by atoms with Crippen LogP contribution >= 0.6 is 11.6 Å².